The normalized spacial score (nSPS) is 11.1. The molecule has 2 N–H and O–H groups in total. The third-order valence-corrected chi connectivity index (χ3v) is 7.24. The molecule has 9 nitrogen and oxygen atoms in total. The van der Waals surface area contributed by atoms with Crippen LogP contribution in [0.15, 0.2) is 71.8 Å². The van der Waals surface area contributed by atoms with Gasteiger partial charge < -0.3 is 15.2 Å². The number of carbonyl (C=O) groups is 3. The molecule has 38 heavy (non-hydrogen) atoms. The van der Waals surface area contributed by atoms with Crippen LogP contribution in [0.3, 0.4) is 0 Å². The van der Waals surface area contributed by atoms with E-state index in [2.05, 4.69) is 10.3 Å². The van der Waals surface area contributed by atoms with Gasteiger partial charge >= 0.3 is 0 Å². The summed E-state index contributed by atoms with van der Waals surface area (Å²) >= 11 is 0. The van der Waals surface area contributed by atoms with E-state index in [0.717, 1.165) is 31.9 Å². The second kappa shape index (κ2) is 13.5. The minimum atomic E-state index is -4.25. The van der Waals surface area contributed by atoms with Gasteiger partial charge in [-0.3, -0.25) is 14.6 Å². The number of hydrogen-bond donors (Lipinski definition) is 2. The van der Waals surface area contributed by atoms with Crippen LogP contribution < -0.4 is 15.1 Å². The van der Waals surface area contributed by atoms with Crippen LogP contribution in [-0.4, -0.2) is 37.7 Å². The molecule has 0 spiro atoms. The number of sulfonamides is 1. The Kier molecular flexibility index (Phi) is 10.1. The highest BCUT2D eigenvalue weighted by Crippen LogP contribution is 2.15. The second-order valence-electron chi connectivity index (χ2n) is 8.78. The maximum atomic E-state index is 12.8. The highest BCUT2D eigenvalue weighted by atomic mass is 32.2. The number of hydrogen-bond acceptors (Lipinski definition) is 7. The molecule has 10 heteroatoms. The molecular weight excluding hydrogens is 506 g/mol. The van der Waals surface area contributed by atoms with Crippen LogP contribution in [0.1, 0.15) is 74.9 Å². The summed E-state index contributed by atoms with van der Waals surface area (Å²) < 4.78 is 27.5. The smallest absolute Gasteiger partial charge is 0.266 e. The van der Waals surface area contributed by atoms with E-state index in [0.29, 0.717) is 24.9 Å². The van der Waals surface area contributed by atoms with Crippen molar-refractivity contribution in [1.29, 1.82) is 0 Å². The molecule has 200 valence electrons. The lowest BCUT2D eigenvalue weighted by Gasteiger charge is -2.12. The number of carboxylic acids is 1. The third kappa shape index (κ3) is 7.97. The van der Waals surface area contributed by atoms with Crippen molar-refractivity contribution in [3.8, 4) is 0 Å². The summed E-state index contributed by atoms with van der Waals surface area (Å²) in [6.07, 6.45) is 5.42. The molecule has 0 radical (unpaired) electrons. The van der Waals surface area contributed by atoms with Gasteiger partial charge in [0, 0.05) is 18.3 Å². The summed E-state index contributed by atoms with van der Waals surface area (Å²) in [5.41, 5.74) is 1.42. The summed E-state index contributed by atoms with van der Waals surface area (Å²) in [4.78, 5) is 40.0. The number of nitrogens with zero attached hydrogens (tertiary/aromatic N) is 1. The zero-order valence-electron chi connectivity index (χ0n) is 21.1. The van der Waals surface area contributed by atoms with Crippen molar-refractivity contribution in [3.05, 3.63) is 94.8 Å². The Labute approximate surface area is 222 Å². The quantitative estimate of drug-likeness (QED) is 0.319. The largest absolute Gasteiger partial charge is 0.543 e. The molecular formula is C28H30N3O6S-. The van der Waals surface area contributed by atoms with Gasteiger partial charge in [-0.15, -0.1) is 0 Å². The van der Waals surface area contributed by atoms with Gasteiger partial charge in [0.05, 0.1) is 22.1 Å². The minimum Gasteiger partial charge on any atom is -0.543 e. The third-order valence-electron chi connectivity index (χ3n) is 5.90. The summed E-state index contributed by atoms with van der Waals surface area (Å²) in [6, 6.07) is 16.4. The number of aromatic nitrogens is 1. The molecule has 3 rings (SSSR count). The van der Waals surface area contributed by atoms with E-state index >= 15 is 0 Å². The number of unbranched alkanes of at least 4 members (excludes halogenated alkanes) is 2. The molecule has 2 aromatic carbocycles. The van der Waals surface area contributed by atoms with Crippen LogP contribution >= 0.6 is 0 Å². The molecule has 0 atom stereocenters. The first-order valence-electron chi connectivity index (χ1n) is 12.4. The Bertz CT molecular complexity index is 1370. The summed E-state index contributed by atoms with van der Waals surface area (Å²) in [6.45, 7) is 2.47. The van der Waals surface area contributed by atoms with Crippen LogP contribution in [0.25, 0.3) is 0 Å². The SMILES string of the molecule is CCCCCc1cc(C(=O)NS(=O)(=O)c2ccc(C(=O)NCCCc3ccccc3)cc2)cnc1C(=O)[O-]. The molecule has 0 bridgehead atoms. The standard InChI is InChI=1S/C28H31N3O6S/c1-2-3-5-12-22-18-23(19-30-25(22)28(34)35)27(33)31-38(36,37)24-15-13-21(14-16-24)26(32)29-17-8-11-20-9-6-4-7-10-20/h4,6-7,9-10,13-16,18-19H,2-3,5,8,11-12,17H2,1H3,(H,29,32)(H,31,33)(H,34,35)/p-1. The van der Waals surface area contributed by atoms with Crippen molar-refractivity contribution >= 4 is 27.8 Å². The van der Waals surface area contributed by atoms with Crippen LogP contribution in [0.5, 0.6) is 0 Å². The molecule has 3 aromatic rings. The van der Waals surface area contributed by atoms with Crippen molar-refractivity contribution < 1.29 is 27.9 Å². The fourth-order valence-corrected chi connectivity index (χ4v) is 4.82. The zero-order valence-corrected chi connectivity index (χ0v) is 21.9. The van der Waals surface area contributed by atoms with Crippen molar-refractivity contribution in [1.82, 2.24) is 15.0 Å². The molecule has 1 aromatic heterocycles. The van der Waals surface area contributed by atoms with E-state index in [9.17, 15) is 27.9 Å². The predicted octanol–water partition coefficient (Wildman–Crippen LogP) is 2.66. The topological polar surface area (TPSA) is 145 Å². The maximum Gasteiger partial charge on any atom is 0.266 e. The van der Waals surface area contributed by atoms with Crippen molar-refractivity contribution in [3.63, 3.8) is 0 Å². The molecule has 0 aliphatic rings. The molecule has 1 heterocycles. The number of aryl methyl sites for hydroxylation is 2. The minimum absolute atomic E-state index is 0.0865. The predicted molar refractivity (Wildman–Crippen MR) is 140 cm³/mol. The highest BCUT2D eigenvalue weighted by Gasteiger charge is 2.21. The summed E-state index contributed by atoms with van der Waals surface area (Å²) in [5, 5.41) is 14.2. The van der Waals surface area contributed by atoms with E-state index < -0.39 is 21.9 Å². The number of pyridine rings is 1. The lowest BCUT2D eigenvalue weighted by atomic mass is 10.0. The lowest BCUT2D eigenvalue weighted by Crippen LogP contribution is -2.31. The first-order chi connectivity index (χ1) is 18.2. The van der Waals surface area contributed by atoms with Crippen molar-refractivity contribution in [2.45, 2.75) is 50.3 Å². The number of benzene rings is 2. The monoisotopic (exact) mass is 536 g/mol. The molecule has 0 fully saturated rings. The molecule has 2 amide bonds. The zero-order chi connectivity index (χ0) is 27.5. The number of amides is 2. The first-order valence-corrected chi connectivity index (χ1v) is 13.9. The fraction of sp³-hybridized carbons (Fsp3) is 0.286. The molecule has 0 saturated heterocycles. The van der Waals surface area contributed by atoms with E-state index in [1.54, 1.807) is 0 Å². The average molecular weight is 537 g/mol. The second-order valence-corrected chi connectivity index (χ2v) is 10.5. The molecule has 0 aliphatic carbocycles. The van der Waals surface area contributed by atoms with Crippen molar-refractivity contribution in [2.24, 2.45) is 0 Å². The van der Waals surface area contributed by atoms with Crippen molar-refractivity contribution in [2.75, 3.05) is 6.54 Å². The molecule has 0 unspecified atom stereocenters. The van der Waals surface area contributed by atoms with E-state index in [1.165, 1.54) is 35.9 Å². The van der Waals surface area contributed by atoms with Gasteiger partial charge in [0.2, 0.25) is 0 Å². The van der Waals surface area contributed by atoms with Gasteiger partial charge in [-0.1, -0.05) is 50.1 Å². The van der Waals surface area contributed by atoms with E-state index in [1.807, 2.05) is 42.0 Å². The Morgan fingerprint density at radius 2 is 1.58 bits per heavy atom. The van der Waals surface area contributed by atoms with Gasteiger partial charge in [0.1, 0.15) is 0 Å². The van der Waals surface area contributed by atoms with Gasteiger partial charge in [-0.05, 0) is 67.1 Å². The number of nitrogens with one attached hydrogen (secondary N) is 2. The number of rotatable bonds is 13. The van der Waals surface area contributed by atoms with E-state index in [-0.39, 0.29) is 27.6 Å². The van der Waals surface area contributed by atoms with Gasteiger partial charge in [-0.25, -0.2) is 13.1 Å². The van der Waals surface area contributed by atoms with Crippen LogP contribution in [0.2, 0.25) is 0 Å². The Hall–Kier alpha value is -4.05. The van der Waals surface area contributed by atoms with Crippen LogP contribution in [0, 0.1) is 0 Å². The summed E-state index contributed by atoms with van der Waals surface area (Å²) in [7, 11) is -4.25. The fourth-order valence-electron chi connectivity index (χ4n) is 3.84. The van der Waals surface area contributed by atoms with Gasteiger partial charge in [0.15, 0.2) is 0 Å². The number of aromatic carboxylic acids is 1. The lowest BCUT2D eigenvalue weighted by molar-refractivity contribution is -0.255. The Morgan fingerprint density at radius 1 is 0.868 bits per heavy atom. The first kappa shape index (κ1) is 28.5. The molecule has 0 aliphatic heterocycles. The molecule has 0 saturated carbocycles. The van der Waals surface area contributed by atoms with Gasteiger partial charge in [-0.2, -0.15) is 0 Å². The highest BCUT2D eigenvalue weighted by molar-refractivity contribution is 7.90. The number of carboxylic acid groups (broad SMARTS) is 1. The number of carbonyl (C=O) groups excluding carboxylic acids is 3. The average Bonchev–Trinajstić information content (AvgIpc) is 2.91. The Morgan fingerprint density at radius 3 is 2.24 bits per heavy atom. The van der Waals surface area contributed by atoms with Gasteiger partial charge in [0.25, 0.3) is 21.8 Å². The maximum absolute atomic E-state index is 12.8. The van der Waals surface area contributed by atoms with E-state index in [4.69, 9.17) is 0 Å². The summed E-state index contributed by atoms with van der Waals surface area (Å²) in [5.74, 6) is -2.74. The Balaban J connectivity index is 1.61. The van der Waals surface area contributed by atoms with Crippen LogP contribution in [-0.2, 0) is 22.9 Å². The van der Waals surface area contributed by atoms with Crippen LogP contribution in [0.4, 0.5) is 0 Å².